The van der Waals surface area contributed by atoms with Gasteiger partial charge in [-0.15, -0.1) is 0 Å². The largest absolute Gasteiger partial charge is 0.449 e. The van der Waals surface area contributed by atoms with Gasteiger partial charge >= 0.3 is 6.09 Å². The molecule has 0 bridgehead atoms. The summed E-state index contributed by atoms with van der Waals surface area (Å²) in [6.07, 6.45) is 3.98. The number of nitrogens with zero attached hydrogens (tertiary/aromatic N) is 2. The van der Waals surface area contributed by atoms with Crippen LogP contribution >= 0.6 is 0 Å². The van der Waals surface area contributed by atoms with Gasteiger partial charge in [-0.05, 0) is 57.1 Å². The van der Waals surface area contributed by atoms with Crippen LogP contribution in [0.4, 0.5) is 4.79 Å². The lowest BCUT2D eigenvalue weighted by atomic mass is 10.2. The number of hydrogen-bond acceptors (Lipinski definition) is 5. The van der Waals surface area contributed by atoms with Crippen molar-refractivity contribution in [3.05, 3.63) is 30.3 Å². The molecule has 27 heavy (non-hydrogen) atoms. The molecule has 1 saturated heterocycles. The fraction of sp³-hybridized carbons (Fsp3) is 0.550. The predicted molar refractivity (Wildman–Crippen MR) is 99.2 cm³/mol. The molecular formula is C20H25N3O4. The number of carbonyl (C=O) groups is 2. The molecule has 3 atom stereocenters. The van der Waals surface area contributed by atoms with Crippen LogP contribution < -0.4 is 5.32 Å². The zero-order valence-electron chi connectivity index (χ0n) is 15.9. The van der Waals surface area contributed by atoms with Gasteiger partial charge in [-0.25, -0.2) is 4.79 Å². The van der Waals surface area contributed by atoms with Crippen molar-refractivity contribution >= 4 is 23.0 Å². The molecule has 2 fully saturated rings. The lowest BCUT2D eigenvalue weighted by Crippen LogP contribution is -2.37. The highest BCUT2D eigenvalue weighted by molar-refractivity contribution is 5.95. The number of amides is 2. The molecule has 2 aromatic rings. The molecule has 0 spiro atoms. The number of pyridine rings is 1. The van der Waals surface area contributed by atoms with Crippen LogP contribution in [0.25, 0.3) is 11.0 Å². The van der Waals surface area contributed by atoms with E-state index in [-0.39, 0.29) is 12.0 Å². The second-order valence-corrected chi connectivity index (χ2v) is 8.45. The monoisotopic (exact) mass is 371 g/mol. The Morgan fingerprint density at radius 2 is 2.07 bits per heavy atom. The second-order valence-electron chi connectivity index (χ2n) is 8.45. The van der Waals surface area contributed by atoms with E-state index in [4.69, 9.17) is 9.15 Å². The fourth-order valence-electron chi connectivity index (χ4n) is 3.99. The molecule has 2 amide bonds. The molecule has 0 radical (unpaired) electrons. The lowest BCUT2D eigenvalue weighted by Gasteiger charge is -2.25. The van der Waals surface area contributed by atoms with Crippen LogP contribution in [0, 0.1) is 17.8 Å². The highest BCUT2D eigenvalue weighted by atomic mass is 16.6. The molecule has 1 aliphatic carbocycles. The molecule has 1 aliphatic heterocycles. The van der Waals surface area contributed by atoms with Crippen LogP contribution in [0.15, 0.2) is 28.9 Å². The third-order valence-electron chi connectivity index (χ3n) is 5.33. The highest BCUT2D eigenvalue weighted by Gasteiger charge is 2.56. The predicted octanol–water partition coefficient (Wildman–Crippen LogP) is 3.06. The van der Waals surface area contributed by atoms with Crippen LogP contribution in [-0.4, -0.2) is 47.1 Å². The first kappa shape index (κ1) is 17.8. The third kappa shape index (κ3) is 3.77. The second kappa shape index (κ2) is 6.55. The SMILES string of the molecule is CC(C)(C)OC(=O)N1C[C@@H]2[C@@H](CCNC(=O)c3cc4ccncc4o3)[C@@H]2C1. The Kier molecular flexibility index (Phi) is 4.32. The number of hydrogen-bond donors (Lipinski definition) is 1. The Morgan fingerprint density at radius 3 is 2.74 bits per heavy atom. The van der Waals surface area contributed by atoms with Gasteiger partial charge in [-0.3, -0.25) is 9.78 Å². The van der Waals surface area contributed by atoms with E-state index in [2.05, 4.69) is 10.3 Å². The van der Waals surface area contributed by atoms with E-state index < -0.39 is 5.60 Å². The maximum Gasteiger partial charge on any atom is 0.410 e. The maximum absolute atomic E-state index is 12.2. The Morgan fingerprint density at radius 1 is 1.33 bits per heavy atom. The van der Waals surface area contributed by atoms with Gasteiger partial charge in [-0.2, -0.15) is 0 Å². The number of likely N-dealkylation sites (tertiary alicyclic amines) is 1. The molecule has 2 aromatic heterocycles. The van der Waals surface area contributed by atoms with Gasteiger partial charge in [0.1, 0.15) is 5.60 Å². The van der Waals surface area contributed by atoms with Crippen LogP contribution in [0.5, 0.6) is 0 Å². The number of furan rings is 1. The van der Waals surface area contributed by atoms with E-state index in [0.717, 1.165) is 24.9 Å². The zero-order chi connectivity index (χ0) is 19.2. The molecule has 1 saturated carbocycles. The maximum atomic E-state index is 12.2. The highest BCUT2D eigenvalue weighted by Crippen LogP contribution is 2.53. The molecule has 3 heterocycles. The normalized spacial score (nSPS) is 24.0. The van der Waals surface area contributed by atoms with Crippen molar-refractivity contribution < 1.29 is 18.7 Å². The van der Waals surface area contributed by atoms with Gasteiger partial charge in [0, 0.05) is 31.2 Å². The first-order valence-electron chi connectivity index (χ1n) is 9.41. The number of piperidine rings is 1. The van der Waals surface area contributed by atoms with E-state index >= 15 is 0 Å². The summed E-state index contributed by atoms with van der Waals surface area (Å²) in [7, 11) is 0. The Bertz CT molecular complexity index is 824. The van der Waals surface area contributed by atoms with Crippen LogP contribution in [-0.2, 0) is 4.74 Å². The van der Waals surface area contributed by atoms with Crippen LogP contribution in [0.1, 0.15) is 37.7 Å². The van der Waals surface area contributed by atoms with Gasteiger partial charge in [0.15, 0.2) is 11.3 Å². The molecular weight excluding hydrogens is 346 g/mol. The Hall–Kier alpha value is -2.57. The third-order valence-corrected chi connectivity index (χ3v) is 5.33. The summed E-state index contributed by atoms with van der Waals surface area (Å²) in [6.45, 7) is 7.77. The molecule has 144 valence electrons. The number of nitrogens with one attached hydrogen (secondary N) is 1. The Labute approximate surface area is 158 Å². The summed E-state index contributed by atoms with van der Waals surface area (Å²) in [6, 6.07) is 3.55. The van der Waals surface area contributed by atoms with Gasteiger partial charge in [0.25, 0.3) is 5.91 Å². The van der Waals surface area contributed by atoms with Gasteiger partial charge in [0.05, 0.1) is 6.20 Å². The number of rotatable bonds is 4. The summed E-state index contributed by atoms with van der Waals surface area (Å²) in [5.41, 5.74) is 0.155. The average Bonchev–Trinajstić information content (AvgIpc) is 3.00. The van der Waals surface area contributed by atoms with E-state index in [9.17, 15) is 9.59 Å². The van der Waals surface area contributed by atoms with Crippen LogP contribution in [0.3, 0.4) is 0 Å². The molecule has 0 aromatic carbocycles. The molecule has 0 unspecified atom stereocenters. The summed E-state index contributed by atoms with van der Waals surface area (Å²) in [4.78, 5) is 30.1. The van der Waals surface area contributed by atoms with E-state index in [0.29, 0.717) is 35.6 Å². The van der Waals surface area contributed by atoms with Crippen molar-refractivity contribution in [3.63, 3.8) is 0 Å². The standard InChI is InChI=1S/C20H25N3O4/c1-20(2,3)27-19(25)23-10-14-13(15(14)11-23)5-7-22-18(24)16-8-12-4-6-21-9-17(12)26-16/h4,6,8-9,13-15H,5,7,10-11H2,1-3H3,(H,22,24)/t13-,14-,15+. The fourth-order valence-corrected chi connectivity index (χ4v) is 3.99. The summed E-state index contributed by atoms with van der Waals surface area (Å²) >= 11 is 0. The summed E-state index contributed by atoms with van der Waals surface area (Å²) in [5, 5.41) is 3.80. The van der Waals surface area contributed by atoms with Crippen molar-refractivity contribution in [2.45, 2.75) is 32.8 Å². The minimum Gasteiger partial charge on any atom is -0.449 e. The van der Waals surface area contributed by atoms with Crippen molar-refractivity contribution in [2.75, 3.05) is 19.6 Å². The molecule has 7 nitrogen and oxygen atoms in total. The lowest BCUT2D eigenvalue weighted by molar-refractivity contribution is 0.0265. The van der Waals surface area contributed by atoms with Gasteiger partial charge in [-0.1, -0.05) is 0 Å². The van der Waals surface area contributed by atoms with E-state index in [1.54, 1.807) is 23.4 Å². The number of ether oxygens (including phenoxy) is 1. The molecule has 7 heteroatoms. The van der Waals surface area contributed by atoms with Crippen molar-refractivity contribution in [1.82, 2.24) is 15.2 Å². The van der Waals surface area contributed by atoms with E-state index in [1.807, 2.05) is 26.8 Å². The topological polar surface area (TPSA) is 84.7 Å². The summed E-state index contributed by atoms with van der Waals surface area (Å²) in [5.74, 6) is 1.75. The number of aromatic nitrogens is 1. The van der Waals surface area contributed by atoms with E-state index in [1.165, 1.54) is 0 Å². The summed E-state index contributed by atoms with van der Waals surface area (Å²) < 4.78 is 11.0. The average molecular weight is 371 g/mol. The smallest absolute Gasteiger partial charge is 0.410 e. The first-order valence-corrected chi connectivity index (χ1v) is 9.41. The minimum absolute atomic E-state index is 0.201. The molecule has 1 N–H and O–H groups in total. The number of carbonyl (C=O) groups excluding carboxylic acids is 2. The van der Waals surface area contributed by atoms with Crippen molar-refractivity contribution in [3.8, 4) is 0 Å². The molecule has 4 rings (SSSR count). The quantitative estimate of drug-likeness (QED) is 0.893. The first-order chi connectivity index (χ1) is 12.8. The van der Waals surface area contributed by atoms with Gasteiger partial charge < -0.3 is 19.4 Å². The zero-order valence-corrected chi connectivity index (χ0v) is 15.9. The van der Waals surface area contributed by atoms with Crippen molar-refractivity contribution in [2.24, 2.45) is 17.8 Å². The Balaban J connectivity index is 1.21. The van der Waals surface area contributed by atoms with Gasteiger partial charge in [0.2, 0.25) is 0 Å². The molecule has 2 aliphatic rings. The minimum atomic E-state index is -0.458. The van der Waals surface area contributed by atoms with Crippen molar-refractivity contribution in [1.29, 1.82) is 0 Å². The number of fused-ring (bicyclic) bond motifs is 2. The van der Waals surface area contributed by atoms with Crippen LogP contribution in [0.2, 0.25) is 0 Å².